The molecule has 0 radical (unpaired) electrons. The highest BCUT2D eigenvalue weighted by Gasteiger charge is 2.20. The highest BCUT2D eigenvalue weighted by Crippen LogP contribution is 2.24. The summed E-state index contributed by atoms with van der Waals surface area (Å²) in [5, 5.41) is 0.485. The van der Waals surface area contributed by atoms with Crippen molar-refractivity contribution < 1.29 is 14.0 Å². The standard InChI is InChI=1S/C16H14BrN5O3S/c1-8-12(15(24)22-21-14(23)10-6-9(17)7-18-10)16(26-2)20-13(19-8)11-4-3-5-25-11/h3-7,18H,1-2H3,(H,21,23)(H,22,24). The van der Waals surface area contributed by atoms with Crippen molar-refractivity contribution in [2.45, 2.75) is 11.9 Å². The molecule has 0 saturated heterocycles. The van der Waals surface area contributed by atoms with E-state index >= 15 is 0 Å². The molecule has 3 heterocycles. The number of rotatable bonds is 4. The molecule has 0 fully saturated rings. The zero-order chi connectivity index (χ0) is 18.7. The predicted octanol–water partition coefficient (Wildman–Crippen LogP) is 2.93. The lowest BCUT2D eigenvalue weighted by molar-refractivity contribution is 0.0841. The van der Waals surface area contributed by atoms with Gasteiger partial charge in [0.05, 0.1) is 17.5 Å². The molecule has 134 valence electrons. The van der Waals surface area contributed by atoms with Crippen LogP contribution < -0.4 is 10.9 Å². The molecular formula is C16H14BrN5O3S. The van der Waals surface area contributed by atoms with Crippen LogP contribution in [0.4, 0.5) is 0 Å². The molecule has 0 aliphatic rings. The molecule has 0 spiro atoms. The van der Waals surface area contributed by atoms with E-state index in [-0.39, 0.29) is 0 Å². The molecule has 0 aliphatic heterocycles. The molecule has 0 bridgehead atoms. The number of nitrogens with one attached hydrogen (secondary N) is 3. The quantitative estimate of drug-likeness (QED) is 0.329. The normalized spacial score (nSPS) is 10.6. The predicted molar refractivity (Wildman–Crippen MR) is 99.7 cm³/mol. The number of hydrogen-bond acceptors (Lipinski definition) is 6. The number of furan rings is 1. The third-order valence-electron chi connectivity index (χ3n) is 3.40. The molecule has 0 aliphatic carbocycles. The summed E-state index contributed by atoms with van der Waals surface area (Å²) in [7, 11) is 0. The van der Waals surface area contributed by atoms with Crippen molar-refractivity contribution in [2.24, 2.45) is 0 Å². The first-order chi connectivity index (χ1) is 12.5. The van der Waals surface area contributed by atoms with Gasteiger partial charge in [-0.05, 0) is 47.3 Å². The van der Waals surface area contributed by atoms with Crippen LogP contribution in [0.5, 0.6) is 0 Å². The number of hydrazine groups is 1. The van der Waals surface area contributed by atoms with Crippen molar-refractivity contribution in [1.82, 2.24) is 25.8 Å². The molecule has 26 heavy (non-hydrogen) atoms. The van der Waals surface area contributed by atoms with E-state index in [0.29, 0.717) is 33.6 Å². The average Bonchev–Trinajstić information content (AvgIpc) is 3.30. The summed E-state index contributed by atoms with van der Waals surface area (Å²) in [6, 6.07) is 5.08. The van der Waals surface area contributed by atoms with Crippen molar-refractivity contribution in [3.8, 4) is 11.6 Å². The van der Waals surface area contributed by atoms with Gasteiger partial charge in [0, 0.05) is 10.7 Å². The summed E-state index contributed by atoms with van der Waals surface area (Å²) in [5.74, 6) is -0.0630. The molecule has 0 aromatic carbocycles. The third kappa shape index (κ3) is 3.81. The maximum absolute atomic E-state index is 12.5. The molecular weight excluding hydrogens is 422 g/mol. The molecule has 10 heteroatoms. The number of thioether (sulfide) groups is 1. The van der Waals surface area contributed by atoms with Gasteiger partial charge in [0.25, 0.3) is 11.8 Å². The van der Waals surface area contributed by atoms with E-state index in [2.05, 4.69) is 41.7 Å². The van der Waals surface area contributed by atoms with E-state index < -0.39 is 11.8 Å². The van der Waals surface area contributed by atoms with Gasteiger partial charge in [-0.2, -0.15) is 0 Å². The van der Waals surface area contributed by atoms with Gasteiger partial charge in [-0.25, -0.2) is 9.97 Å². The second-order valence-electron chi connectivity index (χ2n) is 5.13. The van der Waals surface area contributed by atoms with Gasteiger partial charge >= 0.3 is 0 Å². The van der Waals surface area contributed by atoms with Gasteiger partial charge < -0.3 is 9.40 Å². The Bertz CT molecular complexity index is 955. The van der Waals surface area contributed by atoms with Gasteiger partial charge in [0.15, 0.2) is 11.6 Å². The number of aromatic nitrogens is 3. The Morgan fingerprint density at radius 2 is 2.04 bits per heavy atom. The second-order valence-corrected chi connectivity index (χ2v) is 6.84. The zero-order valence-corrected chi connectivity index (χ0v) is 16.2. The molecule has 8 nitrogen and oxygen atoms in total. The molecule has 3 aromatic heterocycles. The lowest BCUT2D eigenvalue weighted by Crippen LogP contribution is -2.42. The van der Waals surface area contributed by atoms with E-state index in [1.807, 2.05) is 0 Å². The van der Waals surface area contributed by atoms with Gasteiger partial charge in [-0.3, -0.25) is 20.4 Å². The lowest BCUT2D eigenvalue weighted by atomic mass is 10.2. The van der Waals surface area contributed by atoms with E-state index in [1.54, 1.807) is 37.6 Å². The largest absolute Gasteiger partial charge is 0.461 e. The van der Waals surface area contributed by atoms with Crippen molar-refractivity contribution in [1.29, 1.82) is 0 Å². The number of aryl methyl sites for hydroxylation is 1. The van der Waals surface area contributed by atoms with Crippen molar-refractivity contribution >= 4 is 39.5 Å². The van der Waals surface area contributed by atoms with Crippen LogP contribution in [0.15, 0.2) is 44.6 Å². The fourth-order valence-electron chi connectivity index (χ4n) is 2.21. The van der Waals surface area contributed by atoms with Crippen LogP contribution in [0.1, 0.15) is 26.5 Å². The van der Waals surface area contributed by atoms with Gasteiger partial charge in [-0.1, -0.05) is 0 Å². The molecule has 3 rings (SSSR count). The zero-order valence-electron chi connectivity index (χ0n) is 13.8. The highest BCUT2D eigenvalue weighted by molar-refractivity contribution is 9.10. The fraction of sp³-hybridized carbons (Fsp3) is 0.125. The second kappa shape index (κ2) is 7.75. The maximum Gasteiger partial charge on any atom is 0.286 e. The Hall–Kier alpha value is -2.59. The van der Waals surface area contributed by atoms with Crippen LogP contribution in [-0.4, -0.2) is 33.0 Å². The minimum Gasteiger partial charge on any atom is -0.461 e. The maximum atomic E-state index is 12.5. The summed E-state index contributed by atoms with van der Waals surface area (Å²) >= 11 is 4.55. The number of H-pyrrole nitrogens is 1. The van der Waals surface area contributed by atoms with Crippen molar-refractivity contribution in [3.63, 3.8) is 0 Å². The Morgan fingerprint density at radius 3 is 2.65 bits per heavy atom. The van der Waals surface area contributed by atoms with Crippen LogP contribution in [-0.2, 0) is 0 Å². The topological polar surface area (TPSA) is 113 Å². The Labute approximate surface area is 161 Å². The summed E-state index contributed by atoms with van der Waals surface area (Å²) in [4.78, 5) is 36.0. The van der Waals surface area contributed by atoms with Gasteiger partial charge in [0.2, 0.25) is 0 Å². The Kier molecular flexibility index (Phi) is 5.43. The Morgan fingerprint density at radius 1 is 1.27 bits per heavy atom. The minimum absolute atomic E-state index is 0.292. The van der Waals surface area contributed by atoms with Crippen LogP contribution in [0.2, 0.25) is 0 Å². The smallest absolute Gasteiger partial charge is 0.286 e. The number of halogens is 1. The molecule has 0 saturated carbocycles. The van der Waals surface area contributed by atoms with E-state index in [0.717, 1.165) is 4.47 Å². The number of carbonyl (C=O) groups excluding carboxylic acids is 2. The van der Waals surface area contributed by atoms with Gasteiger partial charge in [-0.15, -0.1) is 11.8 Å². The molecule has 0 unspecified atom stereocenters. The van der Waals surface area contributed by atoms with Crippen LogP contribution in [0, 0.1) is 6.92 Å². The average molecular weight is 436 g/mol. The van der Waals surface area contributed by atoms with Crippen LogP contribution >= 0.6 is 27.7 Å². The van der Waals surface area contributed by atoms with E-state index in [4.69, 9.17) is 4.42 Å². The SMILES string of the molecule is CSc1nc(-c2ccco2)nc(C)c1C(=O)NNC(=O)c1cc(Br)c[nH]1. The first-order valence-corrected chi connectivity index (χ1v) is 9.42. The van der Waals surface area contributed by atoms with Crippen LogP contribution in [0.3, 0.4) is 0 Å². The van der Waals surface area contributed by atoms with Crippen molar-refractivity contribution in [3.05, 3.63) is 52.1 Å². The summed E-state index contributed by atoms with van der Waals surface area (Å²) < 4.78 is 6.04. The summed E-state index contributed by atoms with van der Waals surface area (Å²) in [5.41, 5.74) is 5.82. The number of hydrogen-bond donors (Lipinski definition) is 3. The first-order valence-electron chi connectivity index (χ1n) is 7.40. The van der Waals surface area contributed by atoms with Gasteiger partial charge in [0.1, 0.15) is 10.7 Å². The number of amides is 2. The summed E-state index contributed by atoms with van der Waals surface area (Å²) in [6.07, 6.45) is 4.95. The lowest BCUT2D eigenvalue weighted by Gasteiger charge is -2.12. The number of carbonyl (C=O) groups is 2. The fourth-order valence-corrected chi connectivity index (χ4v) is 3.18. The monoisotopic (exact) mass is 435 g/mol. The first kappa shape index (κ1) is 18.2. The molecule has 0 atom stereocenters. The minimum atomic E-state index is -0.503. The highest BCUT2D eigenvalue weighted by atomic mass is 79.9. The number of nitrogens with zero attached hydrogens (tertiary/aromatic N) is 2. The van der Waals surface area contributed by atoms with E-state index in [9.17, 15) is 9.59 Å². The molecule has 3 N–H and O–H groups in total. The van der Waals surface area contributed by atoms with Crippen LogP contribution in [0.25, 0.3) is 11.6 Å². The van der Waals surface area contributed by atoms with Crippen molar-refractivity contribution in [2.75, 3.05) is 6.26 Å². The summed E-state index contributed by atoms with van der Waals surface area (Å²) in [6.45, 7) is 1.70. The third-order valence-corrected chi connectivity index (χ3v) is 4.54. The number of aromatic amines is 1. The Balaban J connectivity index is 1.79. The molecule has 3 aromatic rings. The molecule has 2 amide bonds. The van der Waals surface area contributed by atoms with E-state index in [1.165, 1.54) is 18.0 Å².